The van der Waals surface area contributed by atoms with E-state index in [9.17, 15) is 19.1 Å². The number of hydrogen-bond donors (Lipinski definition) is 3. The molecule has 5 rings (SSSR count). The minimum atomic E-state index is -0.598. The van der Waals surface area contributed by atoms with Gasteiger partial charge in [0.25, 0.3) is 5.91 Å². The van der Waals surface area contributed by atoms with Crippen molar-refractivity contribution in [2.24, 2.45) is 17.6 Å². The summed E-state index contributed by atoms with van der Waals surface area (Å²) >= 11 is 0. The van der Waals surface area contributed by atoms with E-state index in [4.69, 9.17) is 10.2 Å². The molecule has 0 radical (unpaired) electrons. The van der Waals surface area contributed by atoms with Gasteiger partial charge in [-0.25, -0.2) is 4.39 Å². The Balaban J connectivity index is 1.36. The van der Waals surface area contributed by atoms with Crippen molar-refractivity contribution >= 4 is 28.5 Å². The van der Waals surface area contributed by atoms with Gasteiger partial charge in [0.2, 0.25) is 5.91 Å². The molecule has 200 valence electrons. The zero-order valence-electron chi connectivity index (χ0n) is 21.4. The number of likely N-dealkylation sites (tertiary alicyclic amines) is 1. The number of carbonyl (C=O) groups excluding carboxylic acids is 2. The summed E-state index contributed by atoms with van der Waals surface area (Å²) < 4.78 is 18.6. The quantitative estimate of drug-likeness (QED) is 0.482. The maximum Gasteiger partial charge on any atom is 0.251 e. The minimum absolute atomic E-state index is 0.0386. The number of alkyl halides is 1. The van der Waals surface area contributed by atoms with E-state index < -0.39 is 18.8 Å². The minimum Gasteiger partial charge on any atom is -0.459 e. The van der Waals surface area contributed by atoms with Crippen LogP contribution in [0.1, 0.15) is 70.0 Å². The number of nitrogens with two attached hydrogens (primary N) is 1. The third-order valence-corrected chi connectivity index (χ3v) is 8.60. The van der Waals surface area contributed by atoms with Gasteiger partial charge in [0.15, 0.2) is 0 Å². The lowest BCUT2D eigenvalue weighted by Gasteiger charge is -2.34. The van der Waals surface area contributed by atoms with Crippen LogP contribution in [0.5, 0.6) is 0 Å². The van der Waals surface area contributed by atoms with Gasteiger partial charge < -0.3 is 25.5 Å². The Kier molecular flexibility index (Phi) is 7.95. The highest BCUT2D eigenvalue weighted by Gasteiger charge is 2.42. The van der Waals surface area contributed by atoms with Gasteiger partial charge in [0.1, 0.15) is 30.7 Å². The zero-order chi connectivity index (χ0) is 25.9. The summed E-state index contributed by atoms with van der Waals surface area (Å²) in [6.07, 6.45) is 9.09. The van der Waals surface area contributed by atoms with Gasteiger partial charge in [0.05, 0.1) is 0 Å². The maximum absolute atomic E-state index is 13.8. The van der Waals surface area contributed by atoms with Crippen LogP contribution < -0.4 is 11.1 Å². The molecular formula is C29H38FN3O4. The predicted molar refractivity (Wildman–Crippen MR) is 140 cm³/mol. The normalized spacial score (nSPS) is 25.5. The molecule has 8 heteroatoms. The van der Waals surface area contributed by atoms with Gasteiger partial charge >= 0.3 is 0 Å². The van der Waals surface area contributed by atoms with Gasteiger partial charge in [-0.15, -0.1) is 0 Å². The molecule has 3 fully saturated rings. The van der Waals surface area contributed by atoms with Crippen molar-refractivity contribution in [3.8, 4) is 0 Å². The molecule has 2 aromatic rings. The number of carbonyl (C=O) groups is 2. The molecular weight excluding hydrogens is 473 g/mol. The first-order chi connectivity index (χ1) is 18.0. The Morgan fingerprint density at radius 2 is 1.86 bits per heavy atom. The molecule has 0 spiro atoms. The Hall–Kier alpha value is -2.71. The molecule has 7 nitrogen and oxygen atoms in total. The van der Waals surface area contributed by atoms with Crippen LogP contribution in [-0.2, 0) is 16.2 Å². The molecule has 2 aliphatic carbocycles. The number of allylic oxidation sites excluding steroid dienone is 1. The number of aliphatic hydroxyl groups is 1. The van der Waals surface area contributed by atoms with E-state index >= 15 is 0 Å². The number of hydrogen-bond acceptors (Lipinski definition) is 5. The molecule has 37 heavy (non-hydrogen) atoms. The van der Waals surface area contributed by atoms with E-state index in [0.29, 0.717) is 36.4 Å². The smallest absolute Gasteiger partial charge is 0.251 e. The third-order valence-electron chi connectivity index (χ3n) is 8.60. The average molecular weight is 512 g/mol. The summed E-state index contributed by atoms with van der Waals surface area (Å²) in [6.45, 7) is -0.158. The van der Waals surface area contributed by atoms with Crippen LogP contribution in [0.3, 0.4) is 0 Å². The molecule has 1 saturated heterocycles. The van der Waals surface area contributed by atoms with Crippen molar-refractivity contribution in [3.05, 3.63) is 41.2 Å². The first kappa shape index (κ1) is 25.9. The molecule has 2 amide bonds. The van der Waals surface area contributed by atoms with Crippen LogP contribution in [0, 0.1) is 11.8 Å². The molecule has 1 aliphatic heterocycles. The number of halogens is 1. The lowest BCUT2D eigenvalue weighted by atomic mass is 9.78. The second-order valence-corrected chi connectivity index (χ2v) is 10.9. The van der Waals surface area contributed by atoms with Crippen LogP contribution >= 0.6 is 0 Å². The first-order valence-electron chi connectivity index (χ1n) is 13.8. The van der Waals surface area contributed by atoms with Crippen molar-refractivity contribution in [1.82, 2.24) is 4.90 Å². The van der Waals surface area contributed by atoms with Gasteiger partial charge in [0, 0.05) is 29.6 Å². The Morgan fingerprint density at radius 1 is 1.11 bits per heavy atom. The molecule has 4 N–H and O–H groups in total. The van der Waals surface area contributed by atoms with Crippen LogP contribution in [0.4, 0.5) is 10.1 Å². The van der Waals surface area contributed by atoms with E-state index in [0.717, 1.165) is 55.9 Å². The second kappa shape index (κ2) is 11.4. The predicted octanol–water partition coefficient (Wildman–Crippen LogP) is 4.83. The summed E-state index contributed by atoms with van der Waals surface area (Å²) in [6, 6.07) is 6.11. The number of nitrogens with one attached hydrogen (secondary N) is 1. The van der Waals surface area contributed by atoms with E-state index in [-0.39, 0.29) is 30.3 Å². The summed E-state index contributed by atoms with van der Waals surface area (Å²) in [5.41, 5.74) is 9.67. The van der Waals surface area contributed by atoms with E-state index in [1.54, 1.807) is 23.1 Å². The number of nitrogens with zero attached hydrogens (tertiary/aromatic N) is 1. The van der Waals surface area contributed by atoms with E-state index in [1.165, 1.54) is 12.0 Å². The summed E-state index contributed by atoms with van der Waals surface area (Å²) in [5.74, 6) is 0.302. The highest BCUT2D eigenvalue weighted by Crippen LogP contribution is 2.38. The van der Waals surface area contributed by atoms with Crippen LogP contribution in [-0.4, -0.2) is 47.1 Å². The third kappa shape index (κ3) is 5.46. The average Bonchev–Trinajstić information content (AvgIpc) is 3.57. The Labute approximate surface area is 217 Å². The Bertz CT molecular complexity index is 1160. The van der Waals surface area contributed by atoms with Gasteiger partial charge in [-0.1, -0.05) is 12.0 Å². The van der Waals surface area contributed by atoms with Gasteiger partial charge in [-0.05, 0) is 93.5 Å². The standard InChI is InChI=1S/C29H38FN3O4/c30-16-25(31)19-6-8-20(9-7-19)29(36)33-13-12-24(18-4-2-1-3-5-18)27(33)28(35)32-22-10-11-26-21(14-22)15-23(17-34)37-26/h10-11,14-15,19-20,25,27,34H,1-9,12-13,16-17,31H2,(H,32,35)/t19?,20?,25?,27-/m0/s1. The van der Waals surface area contributed by atoms with Crippen molar-refractivity contribution in [1.29, 1.82) is 0 Å². The maximum atomic E-state index is 13.8. The zero-order valence-corrected chi connectivity index (χ0v) is 21.4. The van der Waals surface area contributed by atoms with Crippen LogP contribution in [0.25, 0.3) is 11.0 Å². The number of anilines is 1. The molecule has 1 aromatic heterocycles. The molecule has 2 heterocycles. The van der Waals surface area contributed by atoms with Gasteiger partial charge in [-0.2, -0.15) is 0 Å². The highest BCUT2D eigenvalue weighted by atomic mass is 19.1. The van der Waals surface area contributed by atoms with Crippen molar-refractivity contribution in [2.45, 2.75) is 82.9 Å². The van der Waals surface area contributed by atoms with Gasteiger partial charge in [-0.3, -0.25) is 9.59 Å². The van der Waals surface area contributed by atoms with Crippen LogP contribution in [0.2, 0.25) is 0 Å². The Morgan fingerprint density at radius 3 is 2.57 bits per heavy atom. The SMILES string of the molecule is NC(CF)C1CCC(C(=O)N2CCC(=C3CCCCC3)[C@H]2C(=O)Nc2ccc3oc(CO)cc3c2)CC1. The molecule has 2 atom stereocenters. The van der Waals surface area contributed by atoms with E-state index in [2.05, 4.69) is 5.32 Å². The largest absolute Gasteiger partial charge is 0.459 e. The first-order valence-corrected chi connectivity index (χ1v) is 13.8. The van der Waals surface area contributed by atoms with Crippen molar-refractivity contribution in [2.75, 3.05) is 18.5 Å². The molecule has 1 unspecified atom stereocenters. The topological polar surface area (TPSA) is 109 Å². The number of amides is 2. The second-order valence-electron chi connectivity index (χ2n) is 10.9. The summed E-state index contributed by atoms with van der Waals surface area (Å²) in [4.78, 5) is 29.3. The highest BCUT2D eigenvalue weighted by molar-refractivity contribution is 6.01. The lowest BCUT2D eigenvalue weighted by molar-refractivity contribution is -0.140. The van der Waals surface area contributed by atoms with Crippen molar-refractivity contribution in [3.63, 3.8) is 0 Å². The molecule has 2 saturated carbocycles. The fraction of sp³-hybridized carbons (Fsp3) is 0.586. The molecule has 1 aromatic carbocycles. The summed E-state index contributed by atoms with van der Waals surface area (Å²) in [7, 11) is 0. The van der Waals surface area contributed by atoms with E-state index in [1.807, 2.05) is 6.07 Å². The number of fused-ring (bicyclic) bond motifs is 1. The summed E-state index contributed by atoms with van der Waals surface area (Å²) in [5, 5.41) is 13.2. The fourth-order valence-corrected chi connectivity index (χ4v) is 6.52. The number of aliphatic hydroxyl groups excluding tert-OH is 1. The number of rotatable bonds is 6. The molecule has 0 bridgehead atoms. The monoisotopic (exact) mass is 511 g/mol. The lowest BCUT2D eigenvalue weighted by Crippen LogP contribution is -2.47. The van der Waals surface area contributed by atoms with Crippen molar-refractivity contribution < 1.29 is 23.5 Å². The molecule has 3 aliphatic rings. The number of benzene rings is 1. The van der Waals surface area contributed by atoms with Crippen LogP contribution in [0.15, 0.2) is 39.8 Å². The fourth-order valence-electron chi connectivity index (χ4n) is 6.52. The number of furan rings is 1.